The van der Waals surface area contributed by atoms with Crippen molar-refractivity contribution in [1.29, 1.82) is 0 Å². The van der Waals surface area contributed by atoms with E-state index in [1.54, 1.807) is 0 Å². The number of rotatable bonds is 6. The number of likely N-dealkylation sites (tertiary alicyclic amines) is 1. The van der Waals surface area contributed by atoms with Gasteiger partial charge in [-0.05, 0) is 46.5 Å². The Labute approximate surface area is 193 Å². The third-order valence-corrected chi connectivity index (χ3v) is 4.85. The standard InChI is InChI=1S/C20H39N5O3.HI/c1-5-21-18(22-8-10-24-11-13-27-14-12-24)23-15-17-7-6-9-25(16-17)19(26)28-20(2,3)4;/h17H,5-16H2,1-4H3,(H2,21,22,23);1H. The van der Waals surface area contributed by atoms with Gasteiger partial charge >= 0.3 is 6.09 Å². The first kappa shape index (κ1) is 26.2. The number of morpholine rings is 1. The van der Waals surface area contributed by atoms with E-state index in [0.717, 1.165) is 71.3 Å². The minimum atomic E-state index is -0.454. The Morgan fingerprint density at radius 2 is 1.93 bits per heavy atom. The van der Waals surface area contributed by atoms with E-state index >= 15 is 0 Å². The molecule has 0 spiro atoms. The van der Waals surface area contributed by atoms with E-state index in [2.05, 4.69) is 22.5 Å². The second-order valence-electron chi connectivity index (χ2n) is 8.54. The largest absolute Gasteiger partial charge is 0.444 e. The summed E-state index contributed by atoms with van der Waals surface area (Å²) in [5.74, 6) is 1.22. The highest BCUT2D eigenvalue weighted by Gasteiger charge is 2.27. The van der Waals surface area contributed by atoms with Crippen LogP contribution in [-0.2, 0) is 9.47 Å². The Morgan fingerprint density at radius 3 is 2.59 bits per heavy atom. The molecule has 0 aromatic rings. The zero-order valence-electron chi connectivity index (χ0n) is 18.5. The quantitative estimate of drug-likeness (QED) is 0.315. The van der Waals surface area contributed by atoms with Crippen LogP contribution in [0, 0.1) is 5.92 Å². The minimum Gasteiger partial charge on any atom is -0.444 e. The van der Waals surface area contributed by atoms with Crippen molar-refractivity contribution in [2.45, 2.75) is 46.1 Å². The highest BCUT2D eigenvalue weighted by molar-refractivity contribution is 14.0. The molecule has 2 saturated heterocycles. The summed E-state index contributed by atoms with van der Waals surface area (Å²) in [6, 6.07) is 0. The third-order valence-electron chi connectivity index (χ3n) is 4.85. The number of halogens is 1. The zero-order chi connectivity index (χ0) is 20.4. The first-order valence-corrected chi connectivity index (χ1v) is 10.7. The van der Waals surface area contributed by atoms with Gasteiger partial charge in [0.2, 0.25) is 0 Å². The molecular weight excluding hydrogens is 485 g/mol. The summed E-state index contributed by atoms with van der Waals surface area (Å²) < 4.78 is 10.9. The van der Waals surface area contributed by atoms with Gasteiger partial charge in [0.15, 0.2) is 5.96 Å². The highest BCUT2D eigenvalue weighted by Crippen LogP contribution is 2.19. The molecule has 0 radical (unpaired) electrons. The van der Waals surface area contributed by atoms with Crippen molar-refractivity contribution < 1.29 is 14.3 Å². The van der Waals surface area contributed by atoms with Crippen LogP contribution < -0.4 is 10.6 Å². The van der Waals surface area contributed by atoms with E-state index < -0.39 is 5.60 Å². The van der Waals surface area contributed by atoms with Gasteiger partial charge in [0, 0.05) is 52.4 Å². The average Bonchev–Trinajstić information content (AvgIpc) is 2.66. The number of carbonyl (C=O) groups excluding carboxylic acids is 1. The number of hydrogen-bond donors (Lipinski definition) is 2. The van der Waals surface area contributed by atoms with E-state index in [4.69, 9.17) is 14.5 Å². The first-order valence-electron chi connectivity index (χ1n) is 10.7. The molecule has 0 aliphatic carbocycles. The molecule has 29 heavy (non-hydrogen) atoms. The van der Waals surface area contributed by atoms with Gasteiger partial charge in [-0.15, -0.1) is 24.0 Å². The number of piperidine rings is 1. The molecule has 2 heterocycles. The van der Waals surface area contributed by atoms with Crippen molar-refractivity contribution in [2.24, 2.45) is 10.9 Å². The summed E-state index contributed by atoms with van der Waals surface area (Å²) in [7, 11) is 0. The monoisotopic (exact) mass is 525 g/mol. The van der Waals surface area contributed by atoms with E-state index in [1.807, 2.05) is 25.7 Å². The molecule has 1 unspecified atom stereocenters. The Kier molecular flexibility index (Phi) is 12.2. The van der Waals surface area contributed by atoms with Gasteiger partial charge in [-0.1, -0.05) is 0 Å². The number of nitrogens with one attached hydrogen (secondary N) is 2. The van der Waals surface area contributed by atoms with E-state index in [-0.39, 0.29) is 30.1 Å². The third kappa shape index (κ3) is 10.7. The molecule has 8 nitrogen and oxygen atoms in total. The molecule has 0 bridgehead atoms. The van der Waals surface area contributed by atoms with E-state index in [1.165, 1.54) is 0 Å². The van der Waals surface area contributed by atoms with Crippen LogP contribution in [0.2, 0.25) is 0 Å². The Morgan fingerprint density at radius 1 is 1.21 bits per heavy atom. The van der Waals surface area contributed by atoms with Crippen molar-refractivity contribution >= 4 is 36.0 Å². The van der Waals surface area contributed by atoms with Crippen LogP contribution in [0.3, 0.4) is 0 Å². The molecule has 2 fully saturated rings. The fourth-order valence-corrected chi connectivity index (χ4v) is 3.43. The lowest BCUT2D eigenvalue weighted by atomic mass is 9.98. The molecule has 9 heteroatoms. The molecule has 0 aromatic heterocycles. The zero-order valence-corrected chi connectivity index (χ0v) is 20.9. The fourth-order valence-electron chi connectivity index (χ4n) is 3.43. The number of nitrogens with zero attached hydrogens (tertiary/aromatic N) is 3. The second kappa shape index (κ2) is 13.5. The van der Waals surface area contributed by atoms with Crippen LogP contribution in [0.5, 0.6) is 0 Å². The lowest BCUT2D eigenvalue weighted by Crippen LogP contribution is -2.45. The number of guanidine groups is 1. The van der Waals surface area contributed by atoms with E-state index in [0.29, 0.717) is 19.0 Å². The minimum absolute atomic E-state index is 0. The van der Waals surface area contributed by atoms with Crippen LogP contribution in [0.4, 0.5) is 4.79 Å². The van der Waals surface area contributed by atoms with Gasteiger partial charge in [0.25, 0.3) is 0 Å². The lowest BCUT2D eigenvalue weighted by Gasteiger charge is -2.33. The van der Waals surface area contributed by atoms with Crippen LogP contribution in [0.25, 0.3) is 0 Å². The number of ether oxygens (including phenoxy) is 2. The van der Waals surface area contributed by atoms with Crippen molar-refractivity contribution in [3.63, 3.8) is 0 Å². The highest BCUT2D eigenvalue weighted by atomic mass is 127. The van der Waals surface area contributed by atoms with Crippen LogP contribution in [-0.4, -0.2) is 93.0 Å². The summed E-state index contributed by atoms with van der Waals surface area (Å²) in [6.07, 6.45) is 1.88. The summed E-state index contributed by atoms with van der Waals surface area (Å²) >= 11 is 0. The maximum atomic E-state index is 12.3. The SMILES string of the molecule is CCNC(=NCC1CCCN(C(=O)OC(C)(C)C)C1)NCCN1CCOCC1.I. The smallest absolute Gasteiger partial charge is 0.410 e. The Balaban J connectivity index is 0.00000420. The summed E-state index contributed by atoms with van der Waals surface area (Å²) in [4.78, 5) is 21.3. The van der Waals surface area contributed by atoms with Crippen LogP contribution >= 0.6 is 24.0 Å². The second-order valence-corrected chi connectivity index (χ2v) is 8.54. The summed E-state index contributed by atoms with van der Waals surface area (Å²) in [6.45, 7) is 16.3. The molecule has 2 aliphatic rings. The topological polar surface area (TPSA) is 78.4 Å². The van der Waals surface area contributed by atoms with Crippen LogP contribution in [0.15, 0.2) is 4.99 Å². The average molecular weight is 525 g/mol. The molecule has 1 atom stereocenters. The van der Waals surface area contributed by atoms with Gasteiger partial charge in [-0.25, -0.2) is 4.79 Å². The maximum absolute atomic E-state index is 12.3. The van der Waals surface area contributed by atoms with Crippen molar-refractivity contribution in [3.8, 4) is 0 Å². The molecule has 2 N–H and O–H groups in total. The van der Waals surface area contributed by atoms with E-state index in [9.17, 15) is 4.79 Å². The molecule has 2 aliphatic heterocycles. The normalized spacial score (nSPS) is 21.3. The molecule has 170 valence electrons. The lowest BCUT2D eigenvalue weighted by molar-refractivity contribution is 0.0170. The van der Waals surface area contributed by atoms with Gasteiger partial charge in [0.1, 0.15) is 5.60 Å². The number of carbonyl (C=O) groups is 1. The predicted octanol–water partition coefficient (Wildman–Crippen LogP) is 2.14. The summed E-state index contributed by atoms with van der Waals surface area (Å²) in [5, 5.41) is 6.74. The van der Waals surface area contributed by atoms with Gasteiger partial charge in [-0.2, -0.15) is 0 Å². The Hall–Kier alpha value is -0.810. The molecular formula is C20H40IN5O3. The van der Waals surface area contributed by atoms with Gasteiger partial charge < -0.3 is 25.0 Å². The number of amides is 1. The molecule has 0 saturated carbocycles. The van der Waals surface area contributed by atoms with Crippen molar-refractivity contribution in [2.75, 3.05) is 65.6 Å². The fraction of sp³-hybridized carbons (Fsp3) is 0.900. The van der Waals surface area contributed by atoms with Gasteiger partial charge in [0.05, 0.1) is 13.2 Å². The van der Waals surface area contributed by atoms with Crippen LogP contribution in [0.1, 0.15) is 40.5 Å². The predicted molar refractivity (Wildman–Crippen MR) is 127 cm³/mol. The molecule has 2 rings (SSSR count). The molecule has 1 amide bonds. The first-order chi connectivity index (χ1) is 13.4. The number of hydrogen-bond acceptors (Lipinski definition) is 5. The van der Waals surface area contributed by atoms with Gasteiger partial charge in [-0.3, -0.25) is 9.89 Å². The Bertz CT molecular complexity index is 507. The van der Waals surface area contributed by atoms with Crippen molar-refractivity contribution in [3.05, 3.63) is 0 Å². The molecule has 0 aromatic carbocycles. The summed E-state index contributed by atoms with van der Waals surface area (Å²) in [5.41, 5.74) is -0.454. The maximum Gasteiger partial charge on any atom is 0.410 e. The number of aliphatic imine (C=N–C) groups is 1. The van der Waals surface area contributed by atoms with Crippen molar-refractivity contribution in [1.82, 2.24) is 20.4 Å².